The van der Waals surface area contributed by atoms with Crippen molar-refractivity contribution in [2.24, 2.45) is 5.84 Å². The van der Waals surface area contributed by atoms with Gasteiger partial charge in [0.1, 0.15) is 18.0 Å². The van der Waals surface area contributed by atoms with Gasteiger partial charge in [0.2, 0.25) is 0 Å². The summed E-state index contributed by atoms with van der Waals surface area (Å²) in [7, 11) is 1.64. The molecular formula is C10H19N5O2. The summed E-state index contributed by atoms with van der Waals surface area (Å²) >= 11 is 0. The van der Waals surface area contributed by atoms with Crippen molar-refractivity contribution in [3.05, 3.63) is 11.9 Å². The second-order valence-electron chi connectivity index (χ2n) is 3.52. The number of hydrogen-bond acceptors (Lipinski definition) is 7. The fourth-order valence-electron chi connectivity index (χ4n) is 1.55. The molecule has 0 radical (unpaired) electrons. The van der Waals surface area contributed by atoms with Crippen molar-refractivity contribution in [2.45, 2.75) is 6.92 Å². The fraction of sp³-hybridized carbons (Fsp3) is 0.600. The third-order valence-corrected chi connectivity index (χ3v) is 2.43. The number of aliphatic hydroxyl groups is 1. The third kappa shape index (κ3) is 3.52. The Morgan fingerprint density at radius 1 is 1.47 bits per heavy atom. The van der Waals surface area contributed by atoms with E-state index < -0.39 is 0 Å². The van der Waals surface area contributed by atoms with Crippen LogP contribution in [-0.4, -0.2) is 48.5 Å². The van der Waals surface area contributed by atoms with Crippen molar-refractivity contribution in [3.63, 3.8) is 0 Å². The van der Waals surface area contributed by atoms with Crippen molar-refractivity contribution in [1.82, 2.24) is 9.97 Å². The van der Waals surface area contributed by atoms with Crippen LogP contribution >= 0.6 is 0 Å². The van der Waals surface area contributed by atoms with Gasteiger partial charge in [-0.05, 0) is 6.92 Å². The molecule has 0 bridgehead atoms. The van der Waals surface area contributed by atoms with E-state index in [1.807, 2.05) is 11.8 Å². The first kappa shape index (κ1) is 13.6. The lowest BCUT2D eigenvalue weighted by atomic mass is 10.3. The summed E-state index contributed by atoms with van der Waals surface area (Å²) in [6, 6.07) is 0. The summed E-state index contributed by atoms with van der Waals surface area (Å²) in [4.78, 5) is 10.2. The van der Waals surface area contributed by atoms with Crippen molar-refractivity contribution in [2.75, 3.05) is 43.7 Å². The molecule has 7 heteroatoms. The van der Waals surface area contributed by atoms with Crippen LogP contribution in [0.5, 0.6) is 0 Å². The van der Waals surface area contributed by atoms with Crippen LogP contribution in [0.25, 0.3) is 0 Å². The van der Waals surface area contributed by atoms with Crippen molar-refractivity contribution in [1.29, 1.82) is 0 Å². The summed E-state index contributed by atoms with van der Waals surface area (Å²) in [5.74, 6) is 6.69. The van der Waals surface area contributed by atoms with Crippen LogP contribution in [0.2, 0.25) is 0 Å². The smallest absolute Gasteiger partial charge is 0.148 e. The largest absolute Gasteiger partial charge is 0.395 e. The van der Waals surface area contributed by atoms with Gasteiger partial charge in [-0.1, -0.05) is 0 Å². The maximum atomic E-state index is 9.05. The van der Waals surface area contributed by atoms with Gasteiger partial charge in [0.15, 0.2) is 0 Å². The topological polar surface area (TPSA) is 96.5 Å². The lowest BCUT2D eigenvalue weighted by molar-refractivity contribution is 0.202. The summed E-state index contributed by atoms with van der Waals surface area (Å²) in [5.41, 5.74) is 3.36. The fourth-order valence-corrected chi connectivity index (χ4v) is 1.55. The van der Waals surface area contributed by atoms with E-state index in [1.165, 1.54) is 6.33 Å². The molecule has 1 heterocycles. The predicted octanol–water partition coefficient (Wildman–Crippen LogP) is -0.484. The molecule has 0 spiro atoms. The van der Waals surface area contributed by atoms with Gasteiger partial charge in [0.25, 0.3) is 0 Å². The molecule has 0 amide bonds. The van der Waals surface area contributed by atoms with Gasteiger partial charge < -0.3 is 20.2 Å². The van der Waals surface area contributed by atoms with Gasteiger partial charge in [-0.15, -0.1) is 0 Å². The second kappa shape index (κ2) is 7.00. The molecule has 4 N–H and O–H groups in total. The SMILES string of the molecule is COCCN(CCO)c1ncnc(NN)c1C. The zero-order valence-corrected chi connectivity index (χ0v) is 10.2. The monoisotopic (exact) mass is 241 g/mol. The Balaban J connectivity index is 2.92. The Bertz CT molecular complexity index is 347. The van der Waals surface area contributed by atoms with Crippen molar-refractivity contribution in [3.8, 4) is 0 Å². The average Bonchev–Trinajstić information content (AvgIpc) is 2.35. The highest BCUT2D eigenvalue weighted by Gasteiger charge is 2.13. The lowest BCUT2D eigenvalue weighted by Gasteiger charge is -2.24. The number of nitrogen functional groups attached to an aromatic ring is 1. The number of anilines is 2. The van der Waals surface area contributed by atoms with Crippen LogP contribution in [-0.2, 0) is 4.74 Å². The minimum absolute atomic E-state index is 0.0541. The average molecular weight is 241 g/mol. The van der Waals surface area contributed by atoms with Gasteiger partial charge >= 0.3 is 0 Å². The maximum Gasteiger partial charge on any atom is 0.148 e. The molecule has 1 aromatic heterocycles. The third-order valence-electron chi connectivity index (χ3n) is 2.43. The number of ether oxygens (including phenoxy) is 1. The molecule has 0 fully saturated rings. The molecule has 0 aliphatic rings. The minimum Gasteiger partial charge on any atom is -0.395 e. The highest BCUT2D eigenvalue weighted by molar-refractivity contribution is 5.57. The quantitative estimate of drug-likeness (QED) is 0.438. The molecular weight excluding hydrogens is 222 g/mol. The molecule has 17 heavy (non-hydrogen) atoms. The van der Waals surface area contributed by atoms with Gasteiger partial charge in [-0.3, -0.25) is 0 Å². The second-order valence-corrected chi connectivity index (χ2v) is 3.52. The number of nitrogens with two attached hydrogens (primary N) is 1. The number of aromatic nitrogens is 2. The zero-order chi connectivity index (χ0) is 12.7. The molecule has 0 saturated carbocycles. The lowest BCUT2D eigenvalue weighted by Crippen LogP contribution is -2.32. The number of nitrogens with zero attached hydrogens (tertiary/aromatic N) is 3. The Kier molecular flexibility index (Phi) is 5.61. The molecule has 0 saturated heterocycles. The van der Waals surface area contributed by atoms with Gasteiger partial charge in [-0.25, -0.2) is 15.8 Å². The molecule has 0 aliphatic carbocycles. The van der Waals surface area contributed by atoms with E-state index >= 15 is 0 Å². The number of nitrogens with one attached hydrogen (secondary N) is 1. The Hall–Kier alpha value is -1.44. The van der Waals surface area contributed by atoms with Crippen LogP contribution in [0.1, 0.15) is 5.56 Å². The first-order chi connectivity index (χ1) is 8.24. The van der Waals surface area contributed by atoms with Crippen LogP contribution in [0.15, 0.2) is 6.33 Å². The zero-order valence-electron chi connectivity index (χ0n) is 10.2. The maximum absolute atomic E-state index is 9.05. The number of aliphatic hydroxyl groups excluding tert-OH is 1. The predicted molar refractivity (Wildman–Crippen MR) is 65.8 cm³/mol. The Morgan fingerprint density at radius 3 is 2.82 bits per heavy atom. The molecule has 0 aromatic carbocycles. The van der Waals surface area contributed by atoms with E-state index in [0.717, 1.165) is 11.4 Å². The van der Waals surface area contributed by atoms with E-state index in [9.17, 15) is 0 Å². The molecule has 1 aromatic rings. The number of hydrogen-bond donors (Lipinski definition) is 3. The van der Waals surface area contributed by atoms with Crippen LogP contribution in [0.4, 0.5) is 11.6 Å². The number of hydrazine groups is 1. The van der Waals surface area contributed by atoms with Crippen LogP contribution in [0, 0.1) is 6.92 Å². The standard InChI is InChI=1S/C10H19N5O2/c1-8-9(14-11)12-7-13-10(8)15(3-5-16)4-6-17-2/h7,16H,3-6,11H2,1-2H3,(H,12,13,14). The molecule has 0 aliphatic heterocycles. The van der Waals surface area contributed by atoms with E-state index in [1.54, 1.807) is 7.11 Å². The normalized spacial score (nSPS) is 10.4. The highest BCUT2D eigenvalue weighted by Crippen LogP contribution is 2.20. The van der Waals surface area contributed by atoms with Crippen LogP contribution < -0.4 is 16.2 Å². The molecule has 0 atom stereocenters. The Morgan fingerprint density at radius 2 is 2.24 bits per heavy atom. The minimum atomic E-state index is 0.0541. The number of rotatable bonds is 7. The van der Waals surface area contributed by atoms with Crippen molar-refractivity contribution >= 4 is 11.6 Å². The van der Waals surface area contributed by atoms with E-state index in [2.05, 4.69) is 15.4 Å². The summed E-state index contributed by atoms with van der Waals surface area (Å²) in [6.45, 7) is 3.64. The van der Waals surface area contributed by atoms with E-state index in [0.29, 0.717) is 25.5 Å². The summed E-state index contributed by atoms with van der Waals surface area (Å²) in [6.07, 6.45) is 1.44. The van der Waals surface area contributed by atoms with Crippen LogP contribution in [0.3, 0.4) is 0 Å². The number of methoxy groups -OCH3 is 1. The first-order valence-electron chi connectivity index (χ1n) is 5.37. The molecule has 96 valence electrons. The Labute approximate surface area is 101 Å². The first-order valence-corrected chi connectivity index (χ1v) is 5.37. The summed E-state index contributed by atoms with van der Waals surface area (Å²) < 4.78 is 5.03. The van der Waals surface area contributed by atoms with Crippen molar-refractivity contribution < 1.29 is 9.84 Å². The van der Waals surface area contributed by atoms with E-state index in [-0.39, 0.29) is 6.61 Å². The van der Waals surface area contributed by atoms with E-state index in [4.69, 9.17) is 15.7 Å². The summed E-state index contributed by atoms with van der Waals surface area (Å²) in [5, 5.41) is 9.05. The molecule has 0 unspecified atom stereocenters. The highest BCUT2D eigenvalue weighted by atomic mass is 16.5. The molecule has 1 rings (SSSR count). The van der Waals surface area contributed by atoms with Gasteiger partial charge in [-0.2, -0.15) is 0 Å². The van der Waals surface area contributed by atoms with Gasteiger partial charge in [0, 0.05) is 25.8 Å². The van der Waals surface area contributed by atoms with Gasteiger partial charge in [0.05, 0.1) is 13.2 Å². The molecule has 7 nitrogen and oxygen atoms in total.